The fourth-order valence-corrected chi connectivity index (χ4v) is 3.60. The molecule has 1 aliphatic heterocycles. The molecule has 1 aliphatic rings. The Morgan fingerprint density at radius 3 is 2.85 bits per heavy atom. The maximum atomic E-state index is 9.32. The number of hydrogen-bond acceptors (Lipinski definition) is 6. The van der Waals surface area contributed by atoms with Crippen LogP contribution in [0, 0.1) is 0 Å². The van der Waals surface area contributed by atoms with Crippen LogP contribution in [0.15, 0.2) is 41.0 Å². The number of aliphatic hydroxyl groups excluding tert-OH is 1. The molecule has 1 aromatic carbocycles. The minimum atomic E-state index is -0.0822. The van der Waals surface area contributed by atoms with E-state index >= 15 is 0 Å². The van der Waals surface area contributed by atoms with E-state index in [9.17, 15) is 5.11 Å². The first kappa shape index (κ1) is 16.9. The first-order chi connectivity index (χ1) is 12.7. The quantitative estimate of drug-likeness (QED) is 0.758. The Morgan fingerprint density at radius 1 is 1.23 bits per heavy atom. The summed E-state index contributed by atoms with van der Waals surface area (Å²) in [6.45, 7) is 2.62. The molecular formula is C19H23N5O2. The molecule has 1 N–H and O–H groups in total. The maximum absolute atomic E-state index is 9.32. The van der Waals surface area contributed by atoms with Crippen LogP contribution in [0.25, 0.3) is 11.5 Å². The van der Waals surface area contributed by atoms with Gasteiger partial charge in [-0.05, 0) is 31.5 Å². The molecule has 0 aliphatic carbocycles. The number of benzene rings is 1. The smallest absolute Gasteiger partial charge is 0.226 e. The molecule has 26 heavy (non-hydrogen) atoms. The first-order valence-electron chi connectivity index (χ1n) is 8.96. The molecule has 0 spiro atoms. The van der Waals surface area contributed by atoms with E-state index in [0.29, 0.717) is 17.6 Å². The molecule has 0 bridgehead atoms. The average Bonchev–Trinajstić information content (AvgIpc) is 3.29. The summed E-state index contributed by atoms with van der Waals surface area (Å²) in [6, 6.07) is 9.95. The summed E-state index contributed by atoms with van der Waals surface area (Å²) in [7, 11) is 1.92. The fraction of sp³-hybridized carbons (Fsp3) is 0.421. The molecule has 4 rings (SSSR count). The summed E-state index contributed by atoms with van der Waals surface area (Å²) in [4.78, 5) is 7.02. The predicted octanol–water partition coefficient (Wildman–Crippen LogP) is 2.34. The van der Waals surface area contributed by atoms with Crippen LogP contribution in [0.5, 0.6) is 0 Å². The highest BCUT2D eigenvalue weighted by Crippen LogP contribution is 2.27. The maximum Gasteiger partial charge on any atom is 0.226 e. The van der Waals surface area contributed by atoms with Crippen molar-refractivity contribution in [2.75, 3.05) is 13.1 Å². The summed E-state index contributed by atoms with van der Waals surface area (Å²) >= 11 is 0. The van der Waals surface area contributed by atoms with Crippen molar-refractivity contribution in [2.24, 2.45) is 7.05 Å². The molecule has 0 radical (unpaired) electrons. The molecule has 7 nitrogen and oxygen atoms in total. The minimum absolute atomic E-state index is 0.0822. The molecule has 136 valence electrons. The molecule has 1 atom stereocenters. The van der Waals surface area contributed by atoms with Crippen LogP contribution in [-0.2, 0) is 20.2 Å². The minimum Gasteiger partial charge on any atom is -0.444 e. The van der Waals surface area contributed by atoms with Gasteiger partial charge in [0.05, 0.1) is 5.69 Å². The number of rotatable bonds is 5. The van der Waals surface area contributed by atoms with Gasteiger partial charge in [0.25, 0.3) is 0 Å². The Labute approximate surface area is 152 Å². The molecule has 3 aromatic rings. The van der Waals surface area contributed by atoms with Gasteiger partial charge in [-0.15, -0.1) is 10.2 Å². The van der Waals surface area contributed by atoms with Crippen LogP contribution in [-0.4, -0.2) is 42.8 Å². The average molecular weight is 353 g/mol. The standard InChI is InChI=1S/C19H23N5O2/c1-23-17(12-25)21-22-18(23)15-8-5-9-24(10-15)11-16-13-26-19(20-16)14-6-3-2-4-7-14/h2-4,6-7,13,15,25H,5,8-12H2,1H3/t15-/m0/s1. The van der Waals surface area contributed by atoms with E-state index < -0.39 is 0 Å². The third-order valence-corrected chi connectivity index (χ3v) is 4.97. The van der Waals surface area contributed by atoms with Gasteiger partial charge < -0.3 is 14.1 Å². The molecular weight excluding hydrogens is 330 g/mol. The molecule has 1 fully saturated rings. The predicted molar refractivity (Wildman–Crippen MR) is 96.1 cm³/mol. The highest BCUT2D eigenvalue weighted by Gasteiger charge is 2.26. The Bertz CT molecular complexity index is 858. The fourth-order valence-electron chi connectivity index (χ4n) is 3.60. The second-order valence-corrected chi connectivity index (χ2v) is 6.78. The van der Waals surface area contributed by atoms with Crippen molar-refractivity contribution < 1.29 is 9.52 Å². The van der Waals surface area contributed by atoms with Gasteiger partial charge in [0.2, 0.25) is 5.89 Å². The number of piperidine rings is 1. The molecule has 7 heteroatoms. The molecule has 1 saturated heterocycles. The third kappa shape index (κ3) is 3.40. The number of oxazole rings is 1. The van der Waals surface area contributed by atoms with Gasteiger partial charge in [-0.1, -0.05) is 18.2 Å². The molecule has 0 unspecified atom stereocenters. The third-order valence-electron chi connectivity index (χ3n) is 4.97. The Hall–Kier alpha value is -2.51. The van der Waals surface area contributed by atoms with Gasteiger partial charge in [-0.2, -0.15) is 0 Å². The van der Waals surface area contributed by atoms with Gasteiger partial charge in [0.1, 0.15) is 18.7 Å². The van der Waals surface area contributed by atoms with Crippen molar-refractivity contribution in [1.82, 2.24) is 24.6 Å². The van der Waals surface area contributed by atoms with Crippen molar-refractivity contribution in [2.45, 2.75) is 31.9 Å². The SMILES string of the molecule is Cn1c(CO)nnc1[C@H]1CCCN(Cc2coc(-c3ccccc3)n2)C1. The Balaban J connectivity index is 1.44. The zero-order chi connectivity index (χ0) is 17.9. The van der Waals surface area contributed by atoms with E-state index in [1.165, 1.54) is 0 Å². The monoisotopic (exact) mass is 353 g/mol. The van der Waals surface area contributed by atoms with Crippen LogP contribution >= 0.6 is 0 Å². The summed E-state index contributed by atoms with van der Waals surface area (Å²) in [5.74, 6) is 2.54. The number of hydrogen-bond donors (Lipinski definition) is 1. The second-order valence-electron chi connectivity index (χ2n) is 6.78. The summed E-state index contributed by atoms with van der Waals surface area (Å²) in [5.41, 5.74) is 1.93. The van der Waals surface area contributed by atoms with Crippen LogP contribution < -0.4 is 0 Å². The zero-order valence-electron chi connectivity index (χ0n) is 14.9. The lowest BCUT2D eigenvalue weighted by molar-refractivity contribution is 0.192. The van der Waals surface area contributed by atoms with E-state index in [-0.39, 0.29) is 6.61 Å². The van der Waals surface area contributed by atoms with E-state index in [4.69, 9.17) is 4.42 Å². The van der Waals surface area contributed by atoms with Crippen molar-refractivity contribution >= 4 is 0 Å². The highest BCUT2D eigenvalue weighted by atomic mass is 16.3. The van der Waals surface area contributed by atoms with Crippen LogP contribution in [0.4, 0.5) is 0 Å². The van der Waals surface area contributed by atoms with Crippen LogP contribution in [0.3, 0.4) is 0 Å². The molecule has 3 heterocycles. The van der Waals surface area contributed by atoms with E-state index in [1.807, 2.05) is 41.9 Å². The largest absolute Gasteiger partial charge is 0.444 e. The summed E-state index contributed by atoms with van der Waals surface area (Å²) in [6.07, 6.45) is 3.94. The number of aromatic nitrogens is 4. The lowest BCUT2D eigenvalue weighted by Gasteiger charge is -2.31. The second kappa shape index (κ2) is 7.39. The van der Waals surface area contributed by atoms with Gasteiger partial charge in [0, 0.05) is 31.6 Å². The highest BCUT2D eigenvalue weighted by molar-refractivity contribution is 5.52. The normalized spacial score (nSPS) is 18.3. The molecule has 0 saturated carbocycles. The summed E-state index contributed by atoms with van der Waals surface area (Å²) in [5, 5.41) is 17.7. The lowest BCUT2D eigenvalue weighted by atomic mass is 9.97. The topological polar surface area (TPSA) is 80.2 Å². The molecule has 0 amide bonds. The van der Waals surface area contributed by atoms with Crippen molar-refractivity contribution in [1.29, 1.82) is 0 Å². The van der Waals surface area contributed by atoms with Crippen LogP contribution in [0.2, 0.25) is 0 Å². The Kier molecular flexibility index (Phi) is 4.81. The zero-order valence-corrected chi connectivity index (χ0v) is 14.9. The van der Waals surface area contributed by atoms with Crippen molar-refractivity contribution in [3.63, 3.8) is 0 Å². The van der Waals surface area contributed by atoms with E-state index in [1.54, 1.807) is 6.26 Å². The van der Waals surface area contributed by atoms with Gasteiger partial charge in [-0.3, -0.25) is 4.90 Å². The number of nitrogens with zero attached hydrogens (tertiary/aromatic N) is 5. The molecule has 2 aromatic heterocycles. The van der Waals surface area contributed by atoms with Gasteiger partial charge >= 0.3 is 0 Å². The van der Waals surface area contributed by atoms with E-state index in [0.717, 1.165) is 49.6 Å². The first-order valence-corrected chi connectivity index (χ1v) is 8.96. The van der Waals surface area contributed by atoms with Gasteiger partial charge in [-0.25, -0.2) is 4.98 Å². The lowest BCUT2D eigenvalue weighted by Crippen LogP contribution is -2.35. The van der Waals surface area contributed by atoms with Gasteiger partial charge in [0.15, 0.2) is 5.82 Å². The number of likely N-dealkylation sites (tertiary alicyclic amines) is 1. The number of aliphatic hydroxyl groups is 1. The van der Waals surface area contributed by atoms with Crippen LogP contribution in [0.1, 0.15) is 36.1 Å². The van der Waals surface area contributed by atoms with Crippen molar-refractivity contribution in [3.8, 4) is 11.5 Å². The van der Waals surface area contributed by atoms with E-state index in [2.05, 4.69) is 20.1 Å². The Morgan fingerprint density at radius 2 is 2.08 bits per heavy atom. The summed E-state index contributed by atoms with van der Waals surface area (Å²) < 4.78 is 7.56. The van der Waals surface area contributed by atoms with Crippen molar-refractivity contribution in [3.05, 3.63) is 53.9 Å².